The summed E-state index contributed by atoms with van der Waals surface area (Å²) in [7, 11) is 0. The van der Waals surface area contributed by atoms with Gasteiger partial charge in [-0.15, -0.1) is 0 Å². The Bertz CT molecular complexity index is 954. The van der Waals surface area contributed by atoms with E-state index in [1.165, 1.54) is 23.1 Å². The average molecular weight is 387 g/mol. The highest BCUT2D eigenvalue weighted by molar-refractivity contribution is 5.96. The minimum Gasteiger partial charge on any atom is -0.493 e. The highest BCUT2D eigenvalue weighted by atomic mass is 19.1. The molecule has 0 aliphatic carbocycles. The number of ketones is 1. The highest BCUT2D eigenvalue weighted by Crippen LogP contribution is 2.29. The third-order valence-electron chi connectivity index (χ3n) is 5.03. The van der Waals surface area contributed by atoms with E-state index in [-0.39, 0.29) is 36.1 Å². The Balaban J connectivity index is 1.35. The molecule has 2 aromatic rings. The maximum absolute atomic E-state index is 14.3. The van der Waals surface area contributed by atoms with E-state index >= 15 is 0 Å². The molecule has 0 radical (unpaired) electrons. The fourth-order valence-electron chi connectivity index (χ4n) is 3.35. The fraction of sp³-hybridized carbons (Fsp3) is 0.333. The molecule has 0 unspecified atom stereocenters. The van der Waals surface area contributed by atoms with Crippen molar-refractivity contribution in [2.75, 3.05) is 26.3 Å². The largest absolute Gasteiger partial charge is 0.493 e. The van der Waals surface area contributed by atoms with Gasteiger partial charge in [0.1, 0.15) is 29.7 Å². The molecule has 1 saturated heterocycles. The summed E-state index contributed by atoms with van der Waals surface area (Å²) in [6, 6.07) is 7.26. The van der Waals surface area contributed by atoms with Gasteiger partial charge in [0.2, 0.25) is 0 Å². The molecule has 5 nitrogen and oxygen atoms in total. The fourth-order valence-corrected chi connectivity index (χ4v) is 3.35. The molecule has 1 amide bonds. The molecule has 7 heteroatoms. The molecule has 0 N–H and O–H groups in total. The van der Waals surface area contributed by atoms with Gasteiger partial charge in [-0.05, 0) is 24.6 Å². The van der Waals surface area contributed by atoms with Crippen LogP contribution >= 0.6 is 0 Å². The van der Waals surface area contributed by atoms with Crippen molar-refractivity contribution in [3.63, 3.8) is 0 Å². The number of nitrogens with zero attached hydrogens (tertiary/aromatic N) is 1. The lowest BCUT2D eigenvalue weighted by Crippen LogP contribution is -2.52. The summed E-state index contributed by atoms with van der Waals surface area (Å²) < 4.78 is 38.6. The number of carbonyl (C=O) groups is 2. The summed E-state index contributed by atoms with van der Waals surface area (Å²) >= 11 is 0. The zero-order chi connectivity index (χ0) is 19.8. The monoisotopic (exact) mass is 387 g/mol. The van der Waals surface area contributed by atoms with E-state index in [0.717, 1.165) is 0 Å². The van der Waals surface area contributed by atoms with Crippen molar-refractivity contribution in [2.24, 2.45) is 5.92 Å². The summed E-state index contributed by atoms with van der Waals surface area (Å²) in [6.07, 6.45) is 0.138. The first-order chi connectivity index (χ1) is 13.4. The van der Waals surface area contributed by atoms with Gasteiger partial charge in [0.05, 0.1) is 12.2 Å². The number of aryl methyl sites for hydroxylation is 1. The average Bonchev–Trinajstić information content (AvgIpc) is 2.62. The number of halogens is 2. The number of hydrogen-bond acceptors (Lipinski definition) is 4. The standard InChI is InChI=1S/C21H19F2NO4/c1-12-2-3-16(6-18(12)22)27-10-13-8-24(9-13)21(26)17-5-14-4-15(25)11-28-20(14)7-19(17)23/h2-3,5-7,13H,4,8-11H2,1H3. The molecule has 0 bridgehead atoms. The van der Waals surface area contributed by atoms with Crippen molar-refractivity contribution in [3.05, 3.63) is 58.7 Å². The zero-order valence-corrected chi connectivity index (χ0v) is 15.3. The van der Waals surface area contributed by atoms with Crippen LogP contribution in [0.1, 0.15) is 21.5 Å². The number of ether oxygens (including phenoxy) is 2. The number of carbonyl (C=O) groups excluding carboxylic acids is 2. The molecule has 0 saturated carbocycles. The summed E-state index contributed by atoms with van der Waals surface area (Å²) in [4.78, 5) is 25.6. The first kappa shape index (κ1) is 18.4. The van der Waals surface area contributed by atoms with Crippen LogP contribution in [0.15, 0.2) is 30.3 Å². The van der Waals surface area contributed by atoms with Crippen LogP contribution in [0.3, 0.4) is 0 Å². The predicted octanol–water partition coefficient (Wildman–Crippen LogP) is 2.93. The van der Waals surface area contributed by atoms with Crippen LogP contribution in [0.5, 0.6) is 11.5 Å². The molecule has 2 heterocycles. The van der Waals surface area contributed by atoms with Crippen LogP contribution in [0.4, 0.5) is 8.78 Å². The Labute approximate surface area is 160 Å². The molecule has 146 valence electrons. The second kappa shape index (κ2) is 7.22. The lowest BCUT2D eigenvalue weighted by Gasteiger charge is -2.39. The number of likely N-dealkylation sites (tertiary alicyclic amines) is 1. The van der Waals surface area contributed by atoms with Crippen LogP contribution in [0.2, 0.25) is 0 Å². The molecular weight excluding hydrogens is 368 g/mol. The number of fused-ring (bicyclic) bond motifs is 1. The topological polar surface area (TPSA) is 55.8 Å². The van der Waals surface area contributed by atoms with E-state index < -0.39 is 11.7 Å². The maximum atomic E-state index is 14.3. The van der Waals surface area contributed by atoms with Crippen molar-refractivity contribution in [1.29, 1.82) is 0 Å². The maximum Gasteiger partial charge on any atom is 0.256 e. The van der Waals surface area contributed by atoms with Crippen LogP contribution in [-0.2, 0) is 11.2 Å². The van der Waals surface area contributed by atoms with Gasteiger partial charge >= 0.3 is 0 Å². The van der Waals surface area contributed by atoms with Gasteiger partial charge in [-0.2, -0.15) is 0 Å². The second-order valence-corrected chi connectivity index (χ2v) is 7.24. The summed E-state index contributed by atoms with van der Waals surface area (Å²) in [5.41, 5.74) is 1.02. The van der Waals surface area contributed by atoms with Crippen molar-refractivity contribution in [1.82, 2.24) is 4.90 Å². The van der Waals surface area contributed by atoms with Crippen molar-refractivity contribution in [3.8, 4) is 11.5 Å². The Morgan fingerprint density at radius 2 is 2.00 bits per heavy atom. The van der Waals surface area contributed by atoms with E-state index in [4.69, 9.17) is 9.47 Å². The van der Waals surface area contributed by atoms with E-state index in [1.807, 2.05) is 0 Å². The molecular formula is C21H19F2NO4. The molecule has 0 spiro atoms. The van der Waals surface area contributed by atoms with Gasteiger partial charge in [0, 0.05) is 43.1 Å². The SMILES string of the molecule is Cc1ccc(OCC2CN(C(=O)c3cc4c(cc3F)OCC(=O)C4)C2)cc1F. The highest BCUT2D eigenvalue weighted by Gasteiger charge is 2.33. The van der Waals surface area contributed by atoms with Gasteiger partial charge in [-0.3, -0.25) is 9.59 Å². The van der Waals surface area contributed by atoms with Crippen LogP contribution in [-0.4, -0.2) is 42.9 Å². The molecule has 2 aliphatic heterocycles. The molecule has 0 atom stereocenters. The molecule has 1 fully saturated rings. The van der Waals surface area contributed by atoms with Crippen molar-refractivity contribution >= 4 is 11.7 Å². The second-order valence-electron chi connectivity index (χ2n) is 7.24. The first-order valence-electron chi connectivity index (χ1n) is 9.06. The number of amides is 1. The van der Waals surface area contributed by atoms with E-state index in [1.54, 1.807) is 19.1 Å². The van der Waals surface area contributed by atoms with Gasteiger partial charge in [0.25, 0.3) is 5.91 Å². The first-order valence-corrected chi connectivity index (χ1v) is 9.06. The molecule has 2 aromatic carbocycles. The minimum atomic E-state index is -0.659. The van der Waals surface area contributed by atoms with Crippen molar-refractivity contribution in [2.45, 2.75) is 13.3 Å². The van der Waals surface area contributed by atoms with E-state index in [0.29, 0.717) is 42.3 Å². The van der Waals surface area contributed by atoms with Crippen LogP contribution in [0, 0.1) is 24.5 Å². The summed E-state index contributed by atoms with van der Waals surface area (Å²) in [5, 5.41) is 0. The Hall–Kier alpha value is -2.96. The quantitative estimate of drug-likeness (QED) is 0.810. The molecule has 4 rings (SSSR count). The molecule has 2 aliphatic rings. The number of Topliss-reactive ketones (excluding diaryl/α,β-unsaturated/α-hetero) is 1. The Kier molecular flexibility index (Phi) is 4.75. The zero-order valence-electron chi connectivity index (χ0n) is 15.3. The normalized spacial score (nSPS) is 16.2. The van der Waals surface area contributed by atoms with Crippen molar-refractivity contribution < 1.29 is 27.8 Å². The van der Waals surface area contributed by atoms with Crippen LogP contribution < -0.4 is 9.47 Å². The van der Waals surface area contributed by atoms with E-state index in [2.05, 4.69) is 0 Å². The number of benzene rings is 2. The number of hydrogen-bond donors (Lipinski definition) is 0. The Morgan fingerprint density at radius 3 is 2.75 bits per heavy atom. The Morgan fingerprint density at radius 1 is 1.21 bits per heavy atom. The van der Waals surface area contributed by atoms with E-state index in [9.17, 15) is 18.4 Å². The number of rotatable bonds is 4. The van der Waals surface area contributed by atoms with Gasteiger partial charge in [-0.25, -0.2) is 8.78 Å². The summed E-state index contributed by atoms with van der Waals surface area (Å²) in [6.45, 7) is 2.81. The smallest absolute Gasteiger partial charge is 0.256 e. The third kappa shape index (κ3) is 3.56. The lowest BCUT2D eigenvalue weighted by molar-refractivity contribution is -0.121. The lowest BCUT2D eigenvalue weighted by atomic mass is 9.97. The molecule has 0 aromatic heterocycles. The van der Waals surface area contributed by atoms with Gasteiger partial charge < -0.3 is 14.4 Å². The molecule has 28 heavy (non-hydrogen) atoms. The summed E-state index contributed by atoms with van der Waals surface area (Å²) in [5.74, 6) is -0.658. The predicted molar refractivity (Wildman–Crippen MR) is 96.6 cm³/mol. The van der Waals surface area contributed by atoms with Gasteiger partial charge in [-0.1, -0.05) is 6.07 Å². The van der Waals surface area contributed by atoms with Gasteiger partial charge in [0.15, 0.2) is 5.78 Å². The minimum absolute atomic E-state index is 0.0583. The van der Waals surface area contributed by atoms with Crippen LogP contribution in [0.25, 0.3) is 0 Å². The third-order valence-corrected chi connectivity index (χ3v) is 5.03.